The highest BCUT2D eigenvalue weighted by molar-refractivity contribution is 7.85. The summed E-state index contributed by atoms with van der Waals surface area (Å²) >= 11 is 0. The van der Waals surface area contributed by atoms with Gasteiger partial charge in [0.05, 0.1) is 26.4 Å². The number of benzene rings is 1. The van der Waals surface area contributed by atoms with Gasteiger partial charge in [-0.3, -0.25) is 4.55 Å². The van der Waals surface area contributed by atoms with E-state index in [9.17, 15) is 13.0 Å². The highest BCUT2D eigenvalue weighted by atomic mass is 32.2. The first kappa shape index (κ1) is 23.1. The van der Waals surface area contributed by atoms with Gasteiger partial charge in [0.2, 0.25) is 0 Å². The van der Waals surface area contributed by atoms with Gasteiger partial charge in [-0.2, -0.15) is 8.42 Å². The van der Waals surface area contributed by atoms with E-state index in [0.717, 1.165) is 11.3 Å². The SMILES string of the molecule is COc1ccc(CO[C@H]2[C@H](OCCCO)O[C@H](CS(=O)(=O)O)[C@@H](C)[C@@H]2C)cc1. The summed E-state index contributed by atoms with van der Waals surface area (Å²) in [5.74, 6) is 0.0205. The first-order chi connectivity index (χ1) is 13.2. The van der Waals surface area contributed by atoms with E-state index in [1.807, 2.05) is 38.1 Å². The van der Waals surface area contributed by atoms with Crippen molar-refractivity contribution in [2.75, 3.05) is 26.1 Å². The fourth-order valence-electron chi connectivity index (χ4n) is 3.20. The molecule has 0 saturated carbocycles. The molecule has 0 radical (unpaired) electrons. The van der Waals surface area contributed by atoms with E-state index in [4.69, 9.17) is 24.1 Å². The molecule has 1 aliphatic heterocycles. The lowest BCUT2D eigenvalue weighted by atomic mass is 9.84. The maximum absolute atomic E-state index is 11.3. The van der Waals surface area contributed by atoms with Crippen molar-refractivity contribution in [3.05, 3.63) is 29.8 Å². The van der Waals surface area contributed by atoms with E-state index in [-0.39, 0.29) is 25.0 Å². The lowest BCUT2D eigenvalue weighted by Gasteiger charge is -2.44. The Morgan fingerprint density at radius 1 is 1.11 bits per heavy atom. The second kappa shape index (κ2) is 10.5. The van der Waals surface area contributed by atoms with Gasteiger partial charge in [-0.05, 0) is 36.0 Å². The molecule has 1 aliphatic rings. The number of methoxy groups -OCH3 is 1. The van der Waals surface area contributed by atoms with Crippen LogP contribution in [-0.4, -0.2) is 62.7 Å². The largest absolute Gasteiger partial charge is 0.497 e. The predicted molar refractivity (Wildman–Crippen MR) is 103 cm³/mol. The van der Waals surface area contributed by atoms with E-state index in [2.05, 4.69) is 0 Å². The highest BCUT2D eigenvalue weighted by Crippen LogP contribution is 2.34. The average molecular weight is 419 g/mol. The molecule has 1 aromatic carbocycles. The van der Waals surface area contributed by atoms with Crippen LogP contribution < -0.4 is 4.74 Å². The fourth-order valence-corrected chi connectivity index (χ4v) is 4.00. The van der Waals surface area contributed by atoms with E-state index in [1.165, 1.54) is 0 Å². The Kier molecular flexibility index (Phi) is 8.66. The Morgan fingerprint density at radius 3 is 2.36 bits per heavy atom. The summed E-state index contributed by atoms with van der Waals surface area (Å²) in [5, 5.41) is 8.98. The lowest BCUT2D eigenvalue weighted by molar-refractivity contribution is -0.278. The first-order valence-corrected chi connectivity index (χ1v) is 10.9. The molecular formula is C19H30O8S. The Balaban J connectivity index is 2.08. The first-order valence-electron chi connectivity index (χ1n) is 9.32. The quantitative estimate of drug-likeness (QED) is 0.437. The van der Waals surface area contributed by atoms with Crippen molar-refractivity contribution in [3.63, 3.8) is 0 Å². The summed E-state index contributed by atoms with van der Waals surface area (Å²) in [7, 11) is -2.58. The van der Waals surface area contributed by atoms with Crippen molar-refractivity contribution in [2.24, 2.45) is 11.8 Å². The molecule has 8 nitrogen and oxygen atoms in total. The molecule has 1 saturated heterocycles. The van der Waals surface area contributed by atoms with E-state index >= 15 is 0 Å². The topological polar surface area (TPSA) is 112 Å². The van der Waals surface area contributed by atoms with Crippen LogP contribution in [0.3, 0.4) is 0 Å². The molecule has 0 bridgehead atoms. The van der Waals surface area contributed by atoms with Crippen molar-refractivity contribution >= 4 is 10.1 Å². The van der Waals surface area contributed by atoms with Gasteiger partial charge < -0.3 is 24.1 Å². The second-order valence-electron chi connectivity index (χ2n) is 7.08. The zero-order valence-electron chi connectivity index (χ0n) is 16.5. The molecule has 28 heavy (non-hydrogen) atoms. The van der Waals surface area contributed by atoms with Crippen LogP contribution in [0.1, 0.15) is 25.8 Å². The Morgan fingerprint density at radius 2 is 1.79 bits per heavy atom. The minimum absolute atomic E-state index is 0.0233. The minimum atomic E-state index is -4.18. The third kappa shape index (κ3) is 6.68. The smallest absolute Gasteiger partial charge is 0.267 e. The fraction of sp³-hybridized carbons (Fsp3) is 0.684. The number of hydrogen-bond donors (Lipinski definition) is 2. The Hall–Kier alpha value is -1.23. The summed E-state index contributed by atoms with van der Waals surface area (Å²) < 4.78 is 54.7. The van der Waals surface area contributed by atoms with Crippen molar-refractivity contribution < 1.29 is 37.0 Å². The number of ether oxygens (including phenoxy) is 4. The molecule has 1 fully saturated rings. The maximum Gasteiger partial charge on any atom is 0.267 e. The van der Waals surface area contributed by atoms with Gasteiger partial charge in [0, 0.05) is 6.61 Å². The molecule has 0 amide bonds. The molecule has 1 aromatic rings. The molecule has 2 N–H and O–H groups in total. The van der Waals surface area contributed by atoms with Crippen LogP contribution in [0.15, 0.2) is 24.3 Å². The second-order valence-corrected chi connectivity index (χ2v) is 8.58. The number of aliphatic hydroxyl groups excluding tert-OH is 1. The van der Waals surface area contributed by atoms with Crippen molar-refractivity contribution in [1.29, 1.82) is 0 Å². The number of hydrogen-bond acceptors (Lipinski definition) is 7. The van der Waals surface area contributed by atoms with Crippen molar-refractivity contribution in [2.45, 2.75) is 45.4 Å². The third-order valence-corrected chi connectivity index (χ3v) is 5.82. The molecular weight excluding hydrogens is 388 g/mol. The predicted octanol–water partition coefficient (Wildman–Crippen LogP) is 1.86. The zero-order chi connectivity index (χ0) is 20.7. The molecule has 0 aliphatic carbocycles. The van der Waals surface area contributed by atoms with Gasteiger partial charge in [-0.15, -0.1) is 0 Å². The summed E-state index contributed by atoms with van der Waals surface area (Å²) in [6.07, 6.45) is -1.49. The highest BCUT2D eigenvalue weighted by Gasteiger charge is 2.44. The van der Waals surface area contributed by atoms with E-state index in [1.54, 1.807) is 7.11 Å². The van der Waals surface area contributed by atoms with Crippen LogP contribution in [0.5, 0.6) is 5.75 Å². The van der Waals surface area contributed by atoms with Gasteiger partial charge in [0.1, 0.15) is 17.6 Å². The van der Waals surface area contributed by atoms with Crippen LogP contribution in [-0.2, 0) is 30.9 Å². The van der Waals surface area contributed by atoms with Gasteiger partial charge in [0.25, 0.3) is 10.1 Å². The number of rotatable bonds is 10. The van der Waals surface area contributed by atoms with E-state index < -0.39 is 34.4 Å². The summed E-state index contributed by atoms with van der Waals surface area (Å²) in [5.41, 5.74) is 0.954. The van der Waals surface area contributed by atoms with Gasteiger partial charge in [-0.1, -0.05) is 26.0 Å². The van der Waals surface area contributed by atoms with Crippen molar-refractivity contribution in [3.8, 4) is 5.75 Å². The average Bonchev–Trinajstić information content (AvgIpc) is 2.65. The van der Waals surface area contributed by atoms with E-state index in [0.29, 0.717) is 13.0 Å². The summed E-state index contributed by atoms with van der Waals surface area (Å²) in [6.45, 7) is 4.38. The normalized spacial score (nSPS) is 28.2. The van der Waals surface area contributed by atoms with Crippen LogP contribution in [0.25, 0.3) is 0 Å². The minimum Gasteiger partial charge on any atom is -0.497 e. The lowest BCUT2D eigenvalue weighted by Crippen LogP contribution is -2.53. The molecule has 2 rings (SSSR count). The van der Waals surface area contributed by atoms with Gasteiger partial charge in [0.15, 0.2) is 6.29 Å². The molecule has 5 atom stereocenters. The van der Waals surface area contributed by atoms with Crippen LogP contribution >= 0.6 is 0 Å². The molecule has 0 unspecified atom stereocenters. The van der Waals surface area contributed by atoms with Crippen LogP contribution in [0.2, 0.25) is 0 Å². The van der Waals surface area contributed by atoms with Crippen molar-refractivity contribution in [1.82, 2.24) is 0 Å². The maximum atomic E-state index is 11.3. The number of aliphatic hydroxyl groups is 1. The third-order valence-electron chi connectivity index (χ3n) is 5.07. The summed E-state index contributed by atoms with van der Waals surface area (Å²) in [6, 6.07) is 7.50. The molecule has 1 heterocycles. The molecule has 9 heteroatoms. The Bertz CT molecular complexity index is 690. The molecule has 0 aromatic heterocycles. The van der Waals surface area contributed by atoms with Crippen LogP contribution in [0, 0.1) is 11.8 Å². The standard InChI is InChI=1S/C19H30O8S/c1-13-14(2)18(26-11-15-5-7-16(24-3)8-6-15)19(25-10-4-9-20)27-17(13)12-28(21,22)23/h5-8,13-14,17-20H,4,9-12H2,1-3H3,(H,21,22,23)/t13-,14-,17+,18+,19+/m0/s1. The monoisotopic (exact) mass is 418 g/mol. The molecule has 160 valence electrons. The Labute approximate surface area is 166 Å². The van der Waals surface area contributed by atoms with Gasteiger partial charge >= 0.3 is 0 Å². The van der Waals surface area contributed by atoms with Crippen LogP contribution in [0.4, 0.5) is 0 Å². The summed E-state index contributed by atoms with van der Waals surface area (Å²) in [4.78, 5) is 0. The zero-order valence-corrected chi connectivity index (χ0v) is 17.3. The molecule has 0 spiro atoms. The van der Waals surface area contributed by atoms with Gasteiger partial charge in [-0.25, -0.2) is 0 Å².